The monoisotopic (exact) mass is 326 g/mol. The van der Waals surface area contributed by atoms with Crippen LogP contribution in [0.4, 0.5) is 5.13 Å². The summed E-state index contributed by atoms with van der Waals surface area (Å²) in [7, 11) is 1.60. The molecule has 1 aromatic carbocycles. The Bertz CT molecular complexity index is 557. The van der Waals surface area contributed by atoms with Crippen molar-refractivity contribution >= 4 is 38.3 Å². The number of aromatic nitrogens is 1. The standard InChI is InChI=1S/C12H11BrN2O2S/c1-17-9-4-2-3-8(5-9)6-11(16)15-12-14-7-10(13)18-12/h2-5,7H,6H2,1H3,(H,14,15,16). The number of rotatable bonds is 4. The molecule has 0 atom stereocenters. The first-order valence-electron chi connectivity index (χ1n) is 5.21. The predicted molar refractivity (Wildman–Crippen MR) is 75.1 cm³/mol. The number of anilines is 1. The van der Waals surface area contributed by atoms with Gasteiger partial charge in [0.05, 0.1) is 23.5 Å². The van der Waals surface area contributed by atoms with Crippen LogP contribution < -0.4 is 10.1 Å². The van der Waals surface area contributed by atoms with Crippen LogP contribution in [-0.4, -0.2) is 18.0 Å². The highest BCUT2D eigenvalue weighted by molar-refractivity contribution is 9.11. The molecule has 0 saturated carbocycles. The van der Waals surface area contributed by atoms with E-state index in [0.717, 1.165) is 15.1 Å². The maximum Gasteiger partial charge on any atom is 0.230 e. The van der Waals surface area contributed by atoms with Crippen LogP contribution in [0.3, 0.4) is 0 Å². The lowest BCUT2D eigenvalue weighted by Crippen LogP contribution is -2.14. The van der Waals surface area contributed by atoms with Crippen LogP contribution in [0.1, 0.15) is 5.56 Å². The number of carbonyl (C=O) groups is 1. The molecule has 0 aliphatic heterocycles. The van der Waals surface area contributed by atoms with Crippen molar-refractivity contribution in [1.29, 1.82) is 0 Å². The predicted octanol–water partition coefficient (Wildman–Crippen LogP) is 3.10. The van der Waals surface area contributed by atoms with Gasteiger partial charge >= 0.3 is 0 Å². The maximum absolute atomic E-state index is 11.8. The molecule has 0 spiro atoms. The Morgan fingerprint density at radius 1 is 1.56 bits per heavy atom. The molecule has 0 aliphatic rings. The van der Waals surface area contributed by atoms with Gasteiger partial charge in [-0.3, -0.25) is 4.79 Å². The summed E-state index contributed by atoms with van der Waals surface area (Å²) in [4.78, 5) is 15.8. The molecule has 94 valence electrons. The summed E-state index contributed by atoms with van der Waals surface area (Å²) < 4.78 is 6.00. The van der Waals surface area contributed by atoms with E-state index in [1.54, 1.807) is 13.3 Å². The van der Waals surface area contributed by atoms with Crippen LogP contribution in [0.25, 0.3) is 0 Å². The zero-order valence-corrected chi connectivity index (χ0v) is 12.0. The Morgan fingerprint density at radius 3 is 3.06 bits per heavy atom. The van der Waals surface area contributed by atoms with Crippen molar-refractivity contribution in [2.24, 2.45) is 0 Å². The van der Waals surface area contributed by atoms with E-state index >= 15 is 0 Å². The molecule has 4 nitrogen and oxygen atoms in total. The first kappa shape index (κ1) is 13.0. The molecule has 0 radical (unpaired) electrons. The molecule has 1 N–H and O–H groups in total. The summed E-state index contributed by atoms with van der Waals surface area (Å²) in [5.74, 6) is 0.655. The fourth-order valence-corrected chi connectivity index (χ4v) is 2.57. The van der Waals surface area contributed by atoms with Gasteiger partial charge < -0.3 is 10.1 Å². The van der Waals surface area contributed by atoms with Gasteiger partial charge in [0.1, 0.15) is 5.75 Å². The second-order valence-electron chi connectivity index (χ2n) is 3.55. The average Bonchev–Trinajstić information content (AvgIpc) is 2.74. The molecule has 2 rings (SSSR count). The van der Waals surface area contributed by atoms with Crippen molar-refractivity contribution in [1.82, 2.24) is 4.98 Å². The third-order valence-electron chi connectivity index (χ3n) is 2.22. The number of nitrogens with one attached hydrogen (secondary N) is 1. The van der Waals surface area contributed by atoms with Gasteiger partial charge in [0.2, 0.25) is 5.91 Å². The highest BCUT2D eigenvalue weighted by atomic mass is 79.9. The second-order valence-corrected chi connectivity index (χ2v) is 5.96. The molecule has 1 heterocycles. The Morgan fingerprint density at radius 2 is 2.39 bits per heavy atom. The molecule has 1 aromatic heterocycles. The van der Waals surface area contributed by atoms with Gasteiger partial charge in [-0.2, -0.15) is 0 Å². The van der Waals surface area contributed by atoms with Crippen LogP contribution in [0, 0.1) is 0 Å². The first-order chi connectivity index (χ1) is 8.67. The quantitative estimate of drug-likeness (QED) is 0.939. The van der Waals surface area contributed by atoms with Crippen molar-refractivity contribution < 1.29 is 9.53 Å². The molecule has 0 unspecified atom stereocenters. The number of halogens is 1. The van der Waals surface area contributed by atoms with Gasteiger partial charge in [0.15, 0.2) is 5.13 Å². The lowest BCUT2D eigenvalue weighted by atomic mass is 10.1. The molecule has 0 bridgehead atoms. The summed E-state index contributed by atoms with van der Waals surface area (Å²) in [5, 5.41) is 3.34. The van der Waals surface area contributed by atoms with E-state index < -0.39 is 0 Å². The third-order valence-corrected chi connectivity index (χ3v) is 3.61. The Hall–Kier alpha value is -1.40. The number of hydrogen-bond acceptors (Lipinski definition) is 4. The molecular weight excluding hydrogens is 316 g/mol. The van der Waals surface area contributed by atoms with E-state index in [1.807, 2.05) is 24.3 Å². The highest BCUT2D eigenvalue weighted by Crippen LogP contribution is 2.23. The van der Waals surface area contributed by atoms with Gasteiger partial charge in [-0.15, -0.1) is 0 Å². The van der Waals surface area contributed by atoms with Gasteiger partial charge in [0.25, 0.3) is 0 Å². The highest BCUT2D eigenvalue weighted by Gasteiger charge is 2.07. The van der Waals surface area contributed by atoms with Gasteiger partial charge in [-0.1, -0.05) is 23.5 Å². The molecule has 0 aliphatic carbocycles. The van der Waals surface area contributed by atoms with E-state index in [1.165, 1.54) is 11.3 Å². The second kappa shape index (κ2) is 5.97. The van der Waals surface area contributed by atoms with Gasteiger partial charge in [-0.25, -0.2) is 4.98 Å². The molecule has 18 heavy (non-hydrogen) atoms. The fraction of sp³-hybridized carbons (Fsp3) is 0.167. The Balaban J connectivity index is 1.98. The zero-order chi connectivity index (χ0) is 13.0. The normalized spacial score (nSPS) is 10.1. The number of carbonyl (C=O) groups excluding carboxylic acids is 1. The summed E-state index contributed by atoms with van der Waals surface area (Å²) in [6.45, 7) is 0. The van der Waals surface area contributed by atoms with E-state index in [9.17, 15) is 4.79 Å². The summed E-state index contributed by atoms with van der Waals surface area (Å²) in [5.41, 5.74) is 0.905. The van der Waals surface area contributed by atoms with Crippen LogP contribution >= 0.6 is 27.3 Å². The van der Waals surface area contributed by atoms with Crippen molar-refractivity contribution in [3.63, 3.8) is 0 Å². The van der Waals surface area contributed by atoms with Crippen molar-refractivity contribution in [2.75, 3.05) is 12.4 Å². The summed E-state index contributed by atoms with van der Waals surface area (Å²) >= 11 is 4.68. The number of nitrogens with zero attached hydrogens (tertiary/aromatic N) is 1. The van der Waals surface area contributed by atoms with Crippen LogP contribution in [-0.2, 0) is 11.2 Å². The molecule has 0 saturated heterocycles. The molecule has 0 fully saturated rings. The molecular formula is C12H11BrN2O2S. The minimum Gasteiger partial charge on any atom is -0.497 e. The third kappa shape index (κ3) is 3.54. The summed E-state index contributed by atoms with van der Waals surface area (Å²) in [6.07, 6.45) is 1.96. The lowest BCUT2D eigenvalue weighted by Gasteiger charge is -2.04. The average molecular weight is 327 g/mol. The summed E-state index contributed by atoms with van der Waals surface area (Å²) in [6, 6.07) is 7.44. The first-order valence-corrected chi connectivity index (χ1v) is 6.82. The number of ether oxygens (including phenoxy) is 1. The Labute approximate surface area is 117 Å². The van der Waals surface area contributed by atoms with Crippen LogP contribution in [0.2, 0.25) is 0 Å². The minimum absolute atomic E-state index is 0.0925. The van der Waals surface area contributed by atoms with E-state index in [2.05, 4.69) is 26.2 Å². The number of methoxy groups -OCH3 is 1. The molecule has 1 amide bonds. The maximum atomic E-state index is 11.8. The van der Waals surface area contributed by atoms with E-state index in [-0.39, 0.29) is 5.91 Å². The van der Waals surface area contributed by atoms with Gasteiger partial charge in [0, 0.05) is 0 Å². The number of thiazole rings is 1. The largest absolute Gasteiger partial charge is 0.497 e. The van der Waals surface area contributed by atoms with Crippen LogP contribution in [0.15, 0.2) is 34.2 Å². The number of hydrogen-bond donors (Lipinski definition) is 1. The van der Waals surface area contributed by atoms with Crippen molar-refractivity contribution in [3.05, 3.63) is 39.8 Å². The fourth-order valence-electron chi connectivity index (χ4n) is 1.44. The van der Waals surface area contributed by atoms with Crippen molar-refractivity contribution in [3.8, 4) is 5.75 Å². The van der Waals surface area contributed by atoms with Crippen molar-refractivity contribution in [2.45, 2.75) is 6.42 Å². The Kier molecular flexibility index (Phi) is 4.33. The van der Waals surface area contributed by atoms with E-state index in [0.29, 0.717) is 11.6 Å². The minimum atomic E-state index is -0.0925. The molecule has 6 heteroatoms. The number of benzene rings is 1. The number of amides is 1. The van der Waals surface area contributed by atoms with Gasteiger partial charge in [-0.05, 0) is 33.6 Å². The zero-order valence-electron chi connectivity index (χ0n) is 9.64. The SMILES string of the molecule is COc1cccc(CC(=O)Nc2ncc(Br)s2)c1. The van der Waals surface area contributed by atoms with Crippen LogP contribution in [0.5, 0.6) is 5.75 Å². The molecule has 2 aromatic rings. The lowest BCUT2D eigenvalue weighted by molar-refractivity contribution is -0.115. The smallest absolute Gasteiger partial charge is 0.230 e. The van der Waals surface area contributed by atoms with E-state index in [4.69, 9.17) is 4.74 Å². The topological polar surface area (TPSA) is 51.2 Å².